The third-order valence-corrected chi connectivity index (χ3v) is 5.96. The number of amides is 1. The Morgan fingerprint density at radius 3 is 2.72 bits per heavy atom. The van der Waals surface area contributed by atoms with E-state index >= 15 is 0 Å². The molecule has 9 heteroatoms. The number of carbonyl (C=O) groups excluding carboxylic acids is 1. The van der Waals surface area contributed by atoms with Gasteiger partial charge in [0.25, 0.3) is 0 Å². The fourth-order valence-electron chi connectivity index (χ4n) is 3.40. The summed E-state index contributed by atoms with van der Waals surface area (Å²) in [5.74, 6) is -0.571. The van der Waals surface area contributed by atoms with Gasteiger partial charge >= 0.3 is 6.09 Å². The number of ether oxygens (including phenoxy) is 1. The minimum Gasteiger partial charge on any atom is -0.444 e. The molecule has 1 aliphatic heterocycles. The van der Waals surface area contributed by atoms with Crippen molar-refractivity contribution >= 4 is 50.2 Å². The number of aromatic nitrogens is 1. The van der Waals surface area contributed by atoms with Crippen LogP contribution in [0.15, 0.2) is 16.7 Å². The standard InChI is InChI=1S/C20H21BrClFN4O2/c1-11-10-26(5-6-27(11)19(28)29-20(2,3)4)18-12(8-24)9-25-17-13(18)7-14(22)15(21)16(17)23/h7,9,11H,5-6,10H2,1-4H3/t11-/m1/s1. The van der Waals surface area contributed by atoms with E-state index in [4.69, 9.17) is 16.3 Å². The highest BCUT2D eigenvalue weighted by Crippen LogP contribution is 2.38. The topological polar surface area (TPSA) is 69.5 Å². The number of nitrogens with zero attached hydrogens (tertiary/aromatic N) is 4. The highest BCUT2D eigenvalue weighted by molar-refractivity contribution is 9.10. The molecule has 2 heterocycles. The summed E-state index contributed by atoms with van der Waals surface area (Å²) >= 11 is 9.30. The van der Waals surface area contributed by atoms with Crippen LogP contribution in [0.3, 0.4) is 0 Å². The highest BCUT2D eigenvalue weighted by Gasteiger charge is 2.32. The van der Waals surface area contributed by atoms with E-state index in [1.54, 1.807) is 11.0 Å². The van der Waals surface area contributed by atoms with Crippen molar-refractivity contribution in [3.8, 4) is 6.07 Å². The minimum atomic E-state index is -0.578. The van der Waals surface area contributed by atoms with Gasteiger partial charge in [-0.25, -0.2) is 9.18 Å². The molecule has 0 spiro atoms. The van der Waals surface area contributed by atoms with Crippen LogP contribution >= 0.6 is 27.5 Å². The van der Waals surface area contributed by atoms with Gasteiger partial charge in [0.2, 0.25) is 0 Å². The van der Waals surface area contributed by atoms with Crippen molar-refractivity contribution in [3.63, 3.8) is 0 Å². The van der Waals surface area contributed by atoms with Gasteiger partial charge in [-0.1, -0.05) is 11.6 Å². The van der Waals surface area contributed by atoms with E-state index in [-0.39, 0.29) is 27.1 Å². The molecule has 154 valence electrons. The maximum atomic E-state index is 14.7. The van der Waals surface area contributed by atoms with Crippen molar-refractivity contribution in [3.05, 3.63) is 33.1 Å². The molecule has 0 saturated carbocycles. The first-order valence-electron chi connectivity index (χ1n) is 9.14. The third-order valence-electron chi connectivity index (χ3n) is 4.66. The van der Waals surface area contributed by atoms with E-state index in [2.05, 4.69) is 27.0 Å². The summed E-state index contributed by atoms with van der Waals surface area (Å²) in [4.78, 5) is 20.2. The molecule has 3 rings (SSSR count). The number of halogens is 3. The van der Waals surface area contributed by atoms with Crippen LogP contribution in [0.1, 0.15) is 33.3 Å². The summed E-state index contributed by atoms with van der Waals surface area (Å²) < 4.78 is 20.3. The summed E-state index contributed by atoms with van der Waals surface area (Å²) in [7, 11) is 0. The maximum Gasteiger partial charge on any atom is 0.410 e. The number of nitriles is 1. The van der Waals surface area contributed by atoms with Crippen LogP contribution in [0.2, 0.25) is 5.02 Å². The van der Waals surface area contributed by atoms with Crippen molar-refractivity contribution in [2.45, 2.75) is 39.3 Å². The number of hydrogen-bond acceptors (Lipinski definition) is 5. The Bertz CT molecular complexity index is 1020. The molecule has 0 N–H and O–H groups in total. The Labute approximate surface area is 182 Å². The summed E-state index contributed by atoms with van der Waals surface area (Å²) in [5, 5.41) is 10.3. The largest absolute Gasteiger partial charge is 0.444 e. The molecule has 0 bridgehead atoms. The second kappa shape index (κ2) is 7.96. The Hall–Kier alpha value is -2.11. The second-order valence-corrected chi connectivity index (χ2v) is 9.18. The Balaban J connectivity index is 1.98. The van der Waals surface area contributed by atoms with Gasteiger partial charge in [0.05, 0.1) is 20.7 Å². The van der Waals surface area contributed by atoms with Gasteiger partial charge in [0, 0.05) is 37.3 Å². The van der Waals surface area contributed by atoms with Crippen LogP contribution in [-0.4, -0.2) is 47.3 Å². The average molecular weight is 484 g/mol. The predicted molar refractivity (Wildman–Crippen MR) is 114 cm³/mol. The molecule has 0 radical (unpaired) electrons. The van der Waals surface area contributed by atoms with Crippen LogP contribution < -0.4 is 4.90 Å². The lowest BCUT2D eigenvalue weighted by Gasteiger charge is -2.41. The lowest BCUT2D eigenvalue weighted by molar-refractivity contribution is 0.0159. The second-order valence-electron chi connectivity index (χ2n) is 7.98. The molecule has 1 aromatic carbocycles. The molecular weight excluding hydrogens is 463 g/mol. The molecule has 1 fully saturated rings. The molecule has 1 aromatic heterocycles. The molecule has 29 heavy (non-hydrogen) atoms. The number of rotatable bonds is 1. The molecule has 0 unspecified atom stereocenters. The van der Waals surface area contributed by atoms with E-state index in [1.807, 2.05) is 32.6 Å². The van der Waals surface area contributed by atoms with E-state index in [9.17, 15) is 14.4 Å². The van der Waals surface area contributed by atoms with Gasteiger partial charge in [-0.3, -0.25) is 4.98 Å². The van der Waals surface area contributed by atoms with Crippen LogP contribution in [0.25, 0.3) is 10.9 Å². The molecule has 1 aliphatic rings. The first kappa shape index (κ1) is 21.6. The number of anilines is 1. The van der Waals surface area contributed by atoms with Crippen LogP contribution in [-0.2, 0) is 4.74 Å². The molecule has 1 amide bonds. The molecule has 1 saturated heterocycles. The molecule has 1 atom stereocenters. The number of pyridine rings is 1. The fraction of sp³-hybridized carbons (Fsp3) is 0.450. The zero-order valence-corrected chi connectivity index (χ0v) is 18.9. The number of benzene rings is 1. The van der Waals surface area contributed by atoms with E-state index in [1.165, 1.54) is 6.20 Å². The van der Waals surface area contributed by atoms with Gasteiger partial charge in [0.15, 0.2) is 5.82 Å². The zero-order chi connectivity index (χ0) is 21.5. The van der Waals surface area contributed by atoms with Gasteiger partial charge in [-0.05, 0) is 49.7 Å². The molecule has 2 aromatic rings. The number of fused-ring (bicyclic) bond motifs is 1. The lowest BCUT2D eigenvalue weighted by atomic mass is 10.1. The first-order chi connectivity index (χ1) is 13.5. The number of carbonyl (C=O) groups is 1. The van der Waals surface area contributed by atoms with Crippen LogP contribution in [0.5, 0.6) is 0 Å². The summed E-state index contributed by atoms with van der Waals surface area (Å²) in [5.41, 5.74) is 0.456. The van der Waals surface area contributed by atoms with Crippen LogP contribution in [0.4, 0.5) is 14.9 Å². The maximum absolute atomic E-state index is 14.7. The monoisotopic (exact) mass is 482 g/mol. The van der Waals surface area contributed by atoms with E-state index in [0.29, 0.717) is 36.3 Å². The van der Waals surface area contributed by atoms with Gasteiger partial charge in [-0.15, -0.1) is 0 Å². The summed E-state index contributed by atoms with van der Waals surface area (Å²) in [6.45, 7) is 8.72. The summed E-state index contributed by atoms with van der Waals surface area (Å²) in [6.07, 6.45) is 0.995. The third kappa shape index (κ3) is 4.26. The fourth-order valence-corrected chi connectivity index (χ4v) is 3.90. The van der Waals surface area contributed by atoms with E-state index < -0.39 is 11.4 Å². The van der Waals surface area contributed by atoms with Gasteiger partial charge in [-0.2, -0.15) is 5.26 Å². The summed E-state index contributed by atoms with van der Waals surface area (Å²) in [6, 6.07) is 3.58. The van der Waals surface area contributed by atoms with Gasteiger partial charge in [0.1, 0.15) is 17.2 Å². The smallest absolute Gasteiger partial charge is 0.410 e. The van der Waals surface area contributed by atoms with Crippen LogP contribution in [0, 0.1) is 17.1 Å². The van der Waals surface area contributed by atoms with Crippen molar-refractivity contribution < 1.29 is 13.9 Å². The normalized spacial score (nSPS) is 17.4. The minimum absolute atomic E-state index is 0.137. The Morgan fingerprint density at radius 2 is 2.14 bits per heavy atom. The number of hydrogen-bond donors (Lipinski definition) is 0. The van der Waals surface area contributed by atoms with E-state index in [0.717, 1.165) is 0 Å². The Kier molecular flexibility index (Phi) is 5.93. The Morgan fingerprint density at radius 1 is 1.45 bits per heavy atom. The quantitative estimate of drug-likeness (QED) is 0.527. The first-order valence-corrected chi connectivity index (χ1v) is 10.3. The number of piperazine rings is 1. The van der Waals surface area contributed by atoms with Crippen molar-refractivity contribution in [2.24, 2.45) is 0 Å². The van der Waals surface area contributed by atoms with Crippen molar-refractivity contribution in [1.29, 1.82) is 5.26 Å². The van der Waals surface area contributed by atoms with Crippen molar-refractivity contribution in [2.75, 3.05) is 24.5 Å². The lowest BCUT2D eigenvalue weighted by Crippen LogP contribution is -2.55. The molecular formula is C20H21BrClFN4O2. The van der Waals surface area contributed by atoms with Crippen molar-refractivity contribution in [1.82, 2.24) is 9.88 Å². The average Bonchev–Trinajstić information content (AvgIpc) is 2.63. The molecule has 0 aliphatic carbocycles. The predicted octanol–water partition coefficient (Wildman–Crippen LogP) is 5.11. The molecule has 6 nitrogen and oxygen atoms in total. The zero-order valence-electron chi connectivity index (χ0n) is 16.6. The van der Waals surface area contributed by atoms with Gasteiger partial charge < -0.3 is 14.5 Å². The SMILES string of the molecule is C[C@@H]1CN(c2c(C#N)cnc3c(F)c(Br)c(Cl)cc23)CCN1C(=O)OC(C)(C)C. The highest BCUT2D eigenvalue weighted by atomic mass is 79.9.